The number of carbonyl (C=O) groups is 2. The molecule has 1 heterocycles. The molecule has 120 valence electrons. The average Bonchev–Trinajstić information content (AvgIpc) is 2.64. The number of hydrogen-bond acceptors (Lipinski definition) is 3. The number of amides is 3. The molecule has 1 fully saturated rings. The van der Waals surface area contributed by atoms with Crippen LogP contribution in [0.25, 0.3) is 0 Å². The topological polar surface area (TPSA) is 99.8 Å². The van der Waals surface area contributed by atoms with Crippen molar-refractivity contribution in [1.82, 2.24) is 15.5 Å². The summed E-state index contributed by atoms with van der Waals surface area (Å²) in [5.41, 5.74) is 4.95. The van der Waals surface area contributed by atoms with Gasteiger partial charge in [0.05, 0.1) is 0 Å². The van der Waals surface area contributed by atoms with E-state index in [0.29, 0.717) is 44.4 Å². The third-order valence-corrected chi connectivity index (χ3v) is 3.54. The fourth-order valence-electron chi connectivity index (χ4n) is 1.98. The van der Waals surface area contributed by atoms with E-state index in [4.69, 9.17) is 5.73 Å². The van der Waals surface area contributed by atoms with Gasteiger partial charge >= 0.3 is 6.03 Å². The highest BCUT2D eigenvalue weighted by atomic mass is 16.2. The number of urea groups is 1. The molecule has 1 aliphatic heterocycles. The van der Waals surface area contributed by atoms with Crippen LogP contribution in [0.1, 0.15) is 40.5 Å². The number of nitrogens with two attached hydrogens (primary N) is 1. The number of guanidine groups is 1. The molecule has 0 spiro atoms. The third-order valence-electron chi connectivity index (χ3n) is 3.54. The predicted octanol–water partition coefficient (Wildman–Crippen LogP) is 0.657. The summed E-state index contributed by atoms with van der Waals surface area (Å²) < 4.78 is 0. The Balaban J connectivity index is 2.35. The number of carbonyl (C=O) groups excluding carboxylic acids is 2. The first kappa shape index (κ1) is 17.3. The number of aliphatic imine (C=N–C) groups is 1. The molecule has 0 aromatic rings. The molecule has 1 unspecified atom stereocenters. The molecule has 0 bridgehead atoms. The second-order valence-corrected chi connectivity index (χ2v) is 5.97. The fraction of sp³-hybridized carbons (Fsp3) is 0.786. The fourth-order valence-corrected chi connectivity index (χ4v) is 1.98. The maximum Gasteiger partial charge on any atom is 0.325 e. The Bertz CT molecular complexity index is 422. The molecule has 1 aliphatic rings. The minimum atomic E-state index is -0.762. The highest BCUT2D eigenvalue weighted by Gasteiger charge is 2.45. The zero-order valence-electron chi connectivity index (χ0n) is 13.4. The maximum atomic E-state index is 12.1. The summed E-state index contributed by atoms with van der Waals surface area (Å²) in [4.78, 5) is 29.4. The van der Waals surface area contributed by atoms with Gasteiger partial charge < -0.3 is 16.4 Å². The monoisotopic (exact) mass is 297 g/mol. The van der Waals surface area contributed by atoms with Gasteiger partial charge in [0.1, 0.15) is 5.54 Å². The summed E-state index contributed by atoms with van der Waals surface area (Å²) in [5, 5.41) is 5.72. The van der Waals surface area contributed by atoms with E-state index in [0.717, 1.165) is 0 Å². The van der Waals surface area contributed by atoms with Crippen LogP contribution < -0.4 is 16.4 Å². The van der Waals surface area contributed by atoms with Crippen molar-refractivity contribution >= 4 is 17.9 Å². The lowest BCUT2D eigenvalue weighted by Gasteiger charge is -2.19. The Morgan fingerprint density at radius 1 is 1.48 bits per heavy atom. The Hall–Kier alpha value is -1.79. The van der Waals surface area contributed by atoms with Crippen molar-refractivity contribution in [1.29, 1.82) is 0 Å². The lowest BCUT2D eigenvalue weighted by Crippen LogP contribution is -2.43. The Morgan fingerprint density at radius 2 is 2.14 bits per heavy atom. The lowest BCUT2D eigenvalue weighted by molar-refractivity contribution is -0.130. The van der Waals surface area contributed by atoms with Gasteiger partial charge in [0.15, 0.2) is 5.96 Å². The van der Waals surface area contributed by atoms with E-state index in [2.05, 4.69) is 29.5 Å². The van der Waals surface area contributed by atoms with Crippen molar-refractivity contribution in [2.45, 2.75) is 46.1 Å². The molecule has 1 atom stereocenters. The van der Waals surface area contributed by atoms with Gasteiger partial charge in [-0.1, -0.05) is 20.8 Å². The van der Waals surface area contributed by atoms with Gasteiger partial charge in [-0.15, -0.1) is 0 Å². The van der Waals surface area contributed by atoms with Gasteiger partial charge in [-0.25, -0.2) is 4.79 Å². The van der Waals surface area contributed by atoms with Crippen LogP contribution in [0.15, 0.2) is 4.99 Å². The molecule has 7 heteroatoms. The number of imide groups is 1. The largest absolute Gasteiger partial charge is 0.370 e. The molecule has 1 rings (SSSR count). The zero-order valence-corrected chi connectivity index (χ0v) is 13.4. The predicted molar refractivity (Wildman–Crippen MR) is 82.9 cm³/mol. The summed E-state index contributed by atoms with van der Waals surface area (Å²) in [6.07, 6.45) is 1.22. The molecule has 0 aromatic heterocycles. The minimum Gasteiger partial charge on any atom is -0.370 e. The van der Waals surface area contributed by atoms with Crippen molar-refractivity contribution in [3.63, 3.8) is 0 Å². The smallest absolute Gasteiger partial charge is 0.325 e. The van der Waals surface area contributed by atoms with E-state index >= 15 is 0 Å². The molecule has 0 aromatic carbocycles. The first-order chi connectivity index (χ1) is 9.80. The molecular weight excluding hydrogens is 270 g/mol. The van der Waals surface area contributed by atoms with Crippen molar-refractivity contribution < 1.29 is 9.59 Å². The van der Waals surface area contributed by atoms with Crippen molar-refractivity contribution in [2.75, 3.05) is 19.6 Å². The highest BCUT2D eigenvalue weighted by Crippen LogP contribution is 2.20. The Kier molecular flexibility index (Phi) is 5.99. The minimum absolute atomic E-state index is 0.156. The summed E-state index contributed by atoms with van der Waals surface area (Å²) in [6.45, 7) is 9.41. The van der Waals surface area contributed by atoms with Crippen LogP contribution in [0.2, 0.25) is 0 Å². The van der Waals surface area contributed by atoms with E-state index in [1.807, 2.05) is 6.92 Å². The van der Waals surface area contributed by atoms with E-state index in [-0.39, 0.29) is 11.9 Å². The molecule has 4 N–H and O–H groups in total. The van der Waals surface area contributed by atoms with Gasteiger partial charge in [0.2, 0.25) is 0 Å². The maximum absolute atomic E-state index is 12.1. The highest BCUT2D eigenvalue weighted by molar-refractivity contribution is 6.06. The standard InChI is InChI=1S/C14H27N5O2/c1-5-14(4)11(20)19(13(21)18-14)8-6-7-16-12(15)17-9-10(2)3/h10H,5-9H2,1-4H3,(H,18,21)(H3,15,16,17). The van der Waals surface area contributed by atoms with Gasteiger partial charge in [0.25, 0.3) is 5.91 Å². The summed E-state index contributed by atoms with van der Waals surface area (Å²) >= 11 is 0. The second-order valence-electron chi connectivity index (χ2n) is 5.97. The first-order valence-corrected chi connectivity index (χ1v) is 7.48. The van der Waals surface area contributed by atoms with Crippen LogP contribution in [-0.4, -0.2) is 48.0 Å². The SMILES string of the molecule is CCC1(C)NC(=O)N(CCCNC(N)=NCC(C)C)C1=O. The van der Waals surface area contributed by atoms with Crippen LogP contribution in [0.4, 0.5) is 4.79 Å². The van der Waals surface area contributed by atoms with E-state index in [9.17, 15) is 9.59 Å². The molecule has 0 saturated carbocycles. The van der Waals surface area contributed by atoms with Crippen LogP contribution >= 0.6 is 0 Å². The summed E-state index contributed by atoms with van der Waals surface area (Å²) in [6, 6.07) is -0.314. The van der Waals surface area contributed by atoms with Gasteiger partial charge in [-0.2, -0.15) is 0 Å². The van der Waals surface area contributed by atoms with Crippen LogP contribution in [0.5, 0.6) is 0 Å². The molecule has 7 nitrogen and oxygen atoms in total. The normalized spacial score (nSPS) is 22.9. The van der Waals surface area contributed by atoms with Crippen LogP contribution in [-0.2, 0) is 4.79 Å². The quantitative estimate of drug-likeness (QED) is 0.278. The lowest BCUT2D eigenvalue weighted by atomic mass is 9.99. The van der Waals surface area contributed by atoms with E-state index in [1.165, 1.54) is 4.90 Å². The number of hydrogen-bond donors (Lipinski definition) is 3. The summed E-state index contributed by atoms with van der Waals surface area (Å²) in [5.74, 6) is 0.707. The number of nitrogens with one attached hydrogen (secondary N) is 2. The molecule has 0 aliphatic carbocycles. The Labute approximate surface area is 126 Å². The van der Waals surface area contributed by atoms with Crippen molar-refractivity contribution in [3.8, 4) is 0 Å². The molecule has 0 radical (unpaired) electrons. The molecular formula is C14H27N5O2. The van der Waals surface area contributed by atoms with Crippen LogP contribution in [0, 0.1) is 5.92 Å². The molecule has 1 saturated heterocycles. The van der Waals surface area contributed by atoms with Crippen LogP contribution in [0.3, 0.4) is 0 Å². The van der Waals surface area contributed by atoms with Gasteiger partial charge in [0, 0.05) is 19.6 Å². The van der Waals surface area contributed by atoms with Gasteiger partial charge in [-0.3, -0.25) is 14.7 Å². The molecule has 3 amide bonds. The third kappa shape index (κ3) is 4.61. The van der Waals surface area contributed by atoms with Crippen molar-refractivity contribution in [2.24, 2.45) is 16.6 Å². The van der Waals surface area contributed by atoms with E-state index < -0.39 is 5.54 Å². The zero-order chi connectivity index (χ0) is 16.0. The number of nitrogens with zero attached hydrogens (tertiary/aromatic N) is 2. The summed E-state index contributed by atoms with van der Waals surface area (Å²) in [7, 11) is 0. The Morgan fingerprint density at radius 3 is 2.67 bits per heavy atom. The second kappa shape index (κ2) is 7.28. The van der Waals surface area contributed by atoms with Gasteiger partial charge in [-0.05, 0) is 25.7 Å². The van der Waals surface area contributed by atoms with Crippen molar-refractivity contribution in [3.05, 3.63) is 0 Å². The first-order valence-electron chi connectivity index (χ1n) is 7.48. The van der Waals surface area contributed by atoms with E-state index in [1.54, 1.807) is 6.92 Å². The average molecular weight is 297 g/mol. The molecule has 21 heavy (non-hydrogen) atoms. The number of rotatable bonds is 7.